The Morgan fingerprint density at radius 1 is 1.06 bits per heavy atom. The molecule has 0 saturated heterocycles. The summed E-state index contributed by atoms with van der Waals surface area (Å²) in [5, 5.41) is 15.3. The number of halogens is 1. The van der Waals surface area contributed by atoms with Crippen LogP contribution >= 0.6 is 15.9 Å². The Kier molecular flexibility index (Phi) is 7.80. The first-order chi connectivity index (χ1) is 15.8. The van der Waals surface area contributed by atoms with E-state index < -0.39 is 14.9 Å². The number of nitro groups is 1. The van der Waals surface area contributed by atoms with Crippen molar-refractivity contribution in [1.29, 1.82) is 0 Å². The van der Waals surface area contributed by atoms with E-state index >= 15 is 0 Å². The Balaban J connectivity index is 1.91. The maximum atomic E-state index is 13.1. The average molecular weight is 531 g/mol. The van der Waals surface area contributed by atoms with Crippen LogP contribution in [-0.2, 0) is 10.0 Å². The quantitative estimate of drug-likeness (QED) is 0.221. The number of hydrogen-bond donors (Lipinski definition) is 2. The number of non-ortho nitro benzene ring substituents is 1. The van der Waals surface area contributed by atoms with Gasteiger partial charge in [-0.05, 0) is 45.8 Å². The Bertz CT molecular complexity index is 1310. The van der Waals surface area contributed by atoms with Crippen molar-refractivity contribution in [2.24, 2.45) is 5.10 Å². The van der Waals surface area contributed by atoms with E-state index in [1.165, 1.54) is 31.5 Å². The number of allylic oxidation sites excluding steroid dienone is 1. The van der Waals surface area contributed by atoms with Crippen molar-refractivity contribution in [2.45, 2.75) is 4.90 Å². The highest BCUT2D eigenvalue weighted by molar-refractivity contribution is 9.12. The number of nitrogens with zero attached hydrogens (tertiary/aromatic N) is 2. The molecule has 9 nitrogen and oxygen atoms in total. The molecule has 170 valence electrons. The van der Waals surface area contributed by atoms with Crippen molar-refractivity contribution in [1.82, 2.24) is 0 Å². The molecular weight excluding hydrogens is 512 g/mol. The van der Waals surface area contributed by atoms with Crippen LogP contribution in [-0.4, -0.2) is 26.7 Å². The van der Waals surface area contributed by atoms with Crippen molar-refractivity contribution in [3.05, 3.63) is 93.0 Å². The zero-order valence-corrected chi connectivity index (χ0v) is 19.7. The number of nitro benzene ring substituents is 1. The highest BCUT2D eigenvalue weighted by Gasteiger charge is 2.23. The number of hydrogen-bond acceptors (Lipinski definition) is 7. The molecule has 33 heavy (non-hydrogen) atoms. The average Bonchev–Trinajstić information content (AvgIpc) is 2.80. The fraction of sp³-hybridized carbons (Fsp3) is 0.0455. The fourth-order valence-corrected chi connectivity index (χ4v) is 4.39. The van der Waals surface area contributed by atoms with Gasteiger partial charge in [0.2, 0.25) is 0 Å². The Hall–Kier alpha value is -3.70. The third-order valence-corrected chi connectivity index (χ3v) is 6.13. The summed E-state index contributed by atoms with van der Waals surface area (Å²) in [6.45, 7) is 0. The first kappa shape index (κ1) is 24.0. The van der Waals surface area contributed by atoms with Gasteiger partial charge >= 0.3 is 0 Å². The van der Waals surface area contributed by atoms with Crippen LogP contribution in [0.25, 0.3) is 6.08 Å². The van der Waals surface area contributed by atoms with E-state index in [1.807, 2.05) is 36.4 Å². The van der Waals surface area contributed by atoms with Crippen LogP contribution in [0.5, 0.6) is 5.75 Å². The highest BCUT2D eigenvalue weighted by atomic mass is 79.9. The van der Waals surface area contributed by atoms with Crippen molar-refractivity contribution >= 4 is 55.3 Å². The summed E-state index contributed by atoms with van der Waals surface area (Å²) in [5.74, 6) is 0.300. The second kappa shape index (κ2) is 10.7. The molecule has 3 aromatic rings. The minimum Gasteiger partial charge on any atom is -0.495 e. The second-order valence-corrected chi connectivity index (χ2v) is 9.12. The Morgan fingerprint density at radius 3 is 2.45 bits per heavy atom. The van der Waals surface area contributed by atoms with Crippen LogP contribution in [0, 0.1) is 10.1 Å². The van der Waals surface area contributed by atoms with E-state index in [9.17, 15) is 18.5 Å². The van der Waals surface area contributed by atoms with Crippen LogP contribution in [0.3, 0.4) is 0 Å². The molecule has 0 heterocycles. The van der Waals surface area contributed by atoms with Crippen LogP contribution in [0.2, 0.25) is 0 Å². The molecule has 11 heteroatoms. The van der Waals surface area contributed by atoms with Gasteiger partial charge in [-0.15, -0.1) is 0 Å². The van der Waals surface area contributed by atoms with Gasteiger partial charge in [-0.3, -0.25) is 20.3 Å². The molecule has 0 spiro atoms. The lowest BCUT2D eigenvalue weighted by molar-refractivity contribution is -0.385. The normalized spacial score (nSPS) is 11.9. The zero-order valence-electron chi connectivity index (χ0n) is 17.3. The Morgan fingerprint density at radius 2 is 1.76 bits per heavy atom. The minimum absolute atomic E-state index is 0.0549. The van der Waals surface area contributed by atoms with Gasteiger partial charge in [0.05, 0.1) is 29.6 Å². The van der Waals surface area contributed by atoms with Crippen LogP contribution < -0.4 is 14.9 Å². The number of hydrazone groups is 1. The van der Waals surface area contributed by atoms with E-state index in [0.717, 1.165) is 11.6 Å². The molecule has 0 aromatic heterocycles. The van der Waals surface area contributed by atoms with E-state index in [0.29, 0.717) is 10.2 Å². The molecule has 0 bridgehead atoms. The third kappa shape index (κ3) is 6.40. The van der Waals surface area contributed by atoms with Crippen molar-refractivity contribution in [2.75, 3.05) is 17.3 Å². The lowest BCUT2D eigenvalue weighted by atomic mass is 10.2. The predicted molar refractivity (Wildman–Crippen MR) is 132 cm³/mol. The summed E-state index contributed by atoms with van der Waals surface area (Å²) in [6.07, 6.45) is 3.26. The standard InChI is InChI=1S/C22H19BrN4O5S/c1-32-21-10-6-5-9-19(21)26-33(30,31)22-14-18(27(28)29)11-12-20(22)25-24-15-17(23)13-16-7-3-2-4-8-16/h2-15,25-26H,1H3/b17-13?,24-15+. The molecule has 0 amide bonds. The van der Waals surface area contributed by atoms with E-state index in [4.69, 9.17) is 4.74 Å². The van der Waals surface area contributed by atoms with Gasteiger partial charge in [0.15, 0.2) is 0 Å². The number of nitrogens with one attached hydrogen (secondary N) is 2. The molecule has 0 fully saturated rings. The van der Waals surface area contributed by atoms with Crippen LogP contribution in [0.4, 0.5) is 17.1 Å². The summed E-state index contributed by atoms with van der Waals surface area (Å²) in [7, 11) is -2.82. The van der Waals surface area contributed by atoms with Crippen LogP contribution in [0.15, 0.2) is 87.3 Å². The smallest absolute Gasteiger partial charge is 0.270 e. The van der Waals surface area contributed by atoms with Gasteiger partial charge in [0.25, 0.3) is 15.7 Å². The summed E-state index contributed by atoms with van der Waals surface area (Å²) < 4.78 is 34.4. The molecule has 0 radical (unpaired) electrons. The van der Waals surface area contributed by atoms with E-state index in [1.54, 1.807) is 18.2 Å². The first-order valence-electron chi connectivity index (χ1n) is 9.46. The van der Waals surface area contributed by atoms with Crippen LogP contribution in [0.1, 0.15) is 5.56 Å². The summed E-state index contributed by atoms with van der Waals surface area (Å²) >= 11 is 3.37. The molecule has 0 atom stereocenters. The van der Waals surface area contributed by atoms with Gasteiger partial charge < -0.3 is 4.74 Å². The van der Waals surface area contributed by atoms with Crippen molar-refractivity contribution in [3.63, 3.8) is 0 Å². The maximum Gasteiger partial charge on any atom is 0.270 e. The molecule has 0 aliphatic heterocycles. The van der Waals surface area contributed by atoms with E-state index in [2.05, 4.69) is 31.2 Å². The number of anilines is 2. The molecule has 3 aromatic carbocycles. The molecule has 3 rings (SSSR count). The number of methoxy groups -OCH3 is 1. The SMILES string of the molecule is COc1ccccc1NS(=O)(=O)c1cc([N+](=O)[O-])ccc1N/N=C/C(Br)=Cc1ccccc1. The minimum atomic E-state index is -4.23. The van der Waals surface area contributed by atoms with Gasteiger partial charge in [-0.1, -0.05) is 42.5 Å². The topological polar surface area (TPSA) is 123 Å². The molecular formula is C22H19BrN4O5S. The molecule has 0 aliphatic carbocycles. The first-order valence-corrected chi connectivity index (χ1v) is 11.7. The summed E-state index contributed by atoms with van der Waals surface area (Å²) in [5.41, 5.74) is 3.45. The molecule has 0 aliphatic rings. The van der Waals surface area contributed by atoms with Gasteiger partial charge in [0.1, 0.15) is 10.6 Å². The van der Waals surface area contributed by atoms with Gasteiger partial charge in [0, 0.05) is 16.6 Å². The number of sulfonamides is 1. The van der Waals surface area contributed by atoms with Gasteiger partial charge in [-0.25, -0.2) is 8.42 Å². The Labute approximate surface area is 199 Å². The maximum absolute atomic E-state index is 13.1. The third-order valence-electron chi connectivity index (χ3n) is 4.29. The largest absolute Gasteiger partial charge is 0.495 e. The fourth-order valence-electron chi connectivity index (χ4n) is 2.78. The summed E-state index contributed by atoms with van der Waals surface area (Å²) in [6, 6.07) is 19.4. The van der Waals surface area contributed by atoms with E-state index in [-0.39, 0.29) is 22.0 Å². The monoisotopic (exact) mass is 530 g/mol. The predicted octanol–water partition coefficient (Wildman–Crippen LogP) is 5.24. The lowest BCUT2D eigenvalue weighted by Crippen LogP contribution is -2.15. The number of benzene rings is 3. The summed E-state index contributed by atoms with van der Waals surface area (Å²) in [4.78, 5) is 10.2. The van der Waals surface area contributed by atoms with Crippen molar-refractivity contribution in [3.8, 4) is 5.75 Å². The lowest BCUT2D eigenvalue weighted by Gasteiger charge is -2.14. The number of ether oxygens (including phenoxy) is 1. The number of para-hydroxylation sites is 2. The second-order valence-electron chi connectivity index (χ2n) is 6.55. The van der Waals surface area contributed by atoms with Gasteiger partial charge in [-0.2, -0.15) is 5.10 Å². The highest BCUT2D eigenvalue weighted by Crippen LogP contribution is 2.31. The molecule has 2 N–H and O–H groups in total. The number of rotatable bonds is 9. The molecule has 0 saturated carbocycles. The zero-order chi connectivity index (χ0) is 23.8. The molecule has 0 unspecified atom stereocenters. The van der Waals surface area contributed by atoms with Crippen molar-refractivity contribution < 1.29 is 18.1 Å².